The lowest BCUT2D eigenvalue weighted by molar-refractivity contribution is 0.518. The number of nitrogens with one attached hydrogen (secondary N) is 1. The molecular weight excluding hydrogens is 238 g/mol. The molecule has 0 spiro atoms. The Bertz CT molecular complexity index is 438. The van der Waals surface area contributed by atoms with Crippen molar-refractivity contribution in [2.24, 2.45) is 13.0 Å². The average Bonchev–Trinajstić information content (AvgIpc) is 2.82. The first-order valence-corrected chi connectivity index (χ1v) is 6.52. The second-order valence-electron chi connectivity index (χ2n) is 4.67. The van der Waals surface area contributed by atoms with Gasteiger partial charge in [-0.1, -0.05) is 37.3 Å². The van der Waals surface area contributed by atoms with Gasteiger partial charge in [-0.3, -0.25) is 4.79 Å². The number of halogens is 1. The summed E-state index contributed by atoms with van der Waals surface area (Å²) in [7, 11) is 1.59. The van der Waals surface area contributed by atoms with Crippen LogP contribution in [0.15, 0.2) is 11.0 Å². The smallest absolute Gasteiger partial charge is 0.287 e. The molecule has 0 saturated heterocycles. The van der Waals surface area contributed by atoms with Gasteiger partial charge in [-0.2, -0.15) is 5.10 Å². The summed E-state index contributed by atoms with van der Waals surface area (Å²) in [6.07, 6.45) is 8.15. The Morgan fingerprint density at radius 2 is 2.24 bits per heavy atom. The van der Waals surface area contributed by atoms with Gasteiger partial charge < -0.3 is 5.32 Å². The first-order chi connectivity index (χ1) is 8.18. The van der Waals surface area contributed by atoms with Crippen LogP contribution in [-0.4, -0.2) is 16.3 Å². The molecule has 17 heavy (non-hydrogen) atoms. The predicted octanol–water partition coefficient (Wildman–Crippen LogP) is 2.43. The first-order valence-electron chi connectivity index (χ1n) is 6.14. The third kappa shape index (κ3) is 3.00. The Morgan fingerprint density at radius 1 is 1.53 bits per heavy atom. The Kier molecular flexibility index (Phi) is 4.05. The Hall–Kier alpha value is -1.03. The maximum atomic E-state index is 11.5. The summed E-state index contributed by atoms with van der Waals surface area (Å²) in [5.74, 6) is 0.834. The van der Waals surface area contributed by atoms with E-state index in [4.69, 9.17) is 11.6 Å². The molecule has 2 rings (SSSR count). The van der Waals surface area contributed by atoms with E-state index < -0.39 is 0 Å². The zero-order valence-electron chi connectivity index (χ0n) is 10.1. The fraction of sp³-hybridized carbons (Fsp3) is 0.667. The summed E-state index contributed by atoms with van der Waals surface area (Å²) in [4.78, 5) is 11.5. The average molecular weight is 256 g/mol. The van der Waals surface area contributed by atoms with Gasteiger partial charge in [0.1, 0.15) is 5.02 Å². The van der Waals surface area contributed by atoms with Gasteiger partial charge in [-0.15, -0.1) is 0 Å². The second-order valence-corrected chi connectivity index (χ2v) is 5.04. The fourth-order valence-electron chi connectivity index (χ4n) is 2.34. The van der Waals surface area contributed by atoms with Crippen LogP contribution in [0.3, 0.4) is 0 Å². The Morgan fingerprint density at radius 3 is 2.94 bits per heavy atom. The van der Waals surface area contributed by atoms with Crippen molar-refractivity contribution in [2.75, 3.05) is 11.9 Å². The van der Waals surface area contributed by atoms with Gasteiger partial charge in [0.2, 0.25) is 0 Å². The normalized spacial score (nSPS) is 16.4. The molecule has 0 aliphatic heterocycles. The number of nitrogens with zero attached hydrogens (tertiary/aromatic N) is 2. The van der Waals surface area contributed by atoms with Crippen LogP contribution in [0.2, 0.25) is 5.02 Å². The van der Waals surface area contributed by atoms with Crippen LogP contribution in [0.25, 0.3) is 0 Å². The molecule has 1 fully saturated rings. The number of anilines is 1. The quantitative estimate of drug-likeness (QED) is 0.899. The molecule has 0 atom stereocenters. The molecule has 1 saturated carbocycles. The molecular formula is C12H18ClN3O. The maximum absolute atomic E-state index is 11.5. The van der Waals surface area contributed by atoms with Gasteiger partial charge in [0, 0.05) is 13.6 Å². The van der Waals surface area contributed by atoms with Gasteiger partial charge >= 0.3 is 0 Å². The van der Waals surface area contributed by atoms with Crippen molar-refractivity contribution in [1.82, 2.24) is 9.78 Å². The molecule has 1 N–H and O–H groups in total. The van der Waals surface area contributed by atoms with Crippen LogP contribution in [0.5, 0.6) is 0 Å². The highest BCUT2D eigenvalue weighted by Gasteiger charge is 2.14. The molecule has 0 aromatic carbocycles. The van der Waals surface area contributed by atoms with E-state index in [1.165, 1.54) is 30.4 Å². The SMILES string of the molecule is Cn1ncc(NCCC2CCCC2)c(Cl)c1=O. The molecule has 1 aliphatic carbocycles. The van der Waals surface area contributed by atoms with Crippen molar-refractivity contribution in [3.05, 3.63) is 21.6 Å². The second kappa shape index (κ2) is 5.54. The van der Waals surface area contributed by atoms with Crippen LogP contribution < -0.4 is 10.9 Å². The standard InChI is InChI=1S/C12H18ClN3O/c1-16-12(17)11(13)10(8-15-16)14-7-6-9-4-2-3-5-9/h8-9,14H,2-7H2,1H3. The zero-order chi connectivity index (χ0) is 12.3. The molecule has 1 aromatic heterocycles. The van der Waals surface area contributed by atoms with Crippen LogP contribution in [0.1, 0.15) is 32.1 Å². The molecule has 1 heterocycles. The maximum Gasteiger partial charge on any atom is 0.287 e. The summed E-state index contributed by atoms with van der Waals surface area (Å²) < 4.78 is 1.24. The topological polar surface area (TPSA) is 46.9 Å². The number of hydrogen-bond donors (Lipinski definition) is 1. The lowest BCUT2D eigenvalue weighted by Gasteiger charge is -2.11. The van der Waals surface area contributed by atoms with Gasteiger partial charge in [-0.05, 0) is 12.3 Å². The highest BCUT2D eigenvalue weighted by atomic mass is 35.5. The lowest BCUT2D eigenvalue weighted by atomic mass is 10.0. The van der Waals surface area contributed by atoms with Crippen molar-refractivity contribution in [3.63, 3.8) is 0 Å². The fourth-order valence-corrected chi connectivity index (χ4v) is 2.58. The number of aromatic nitrogens is 2. The third-order valence-corrected chi connectivity index (χ3v) is 3.79. The summed E-state index contributed by atoms with van der Waals surface area (Å²) in [6.45, 7) is 0.860. The molecule has 0 amide bonds. The van der Waals surface area contributed by atoms with E-state index in [1.807, 2.05) is 0 Å². The van der Waals surface area contributed by atoms with Gasteiger partial charge in [-0.25, -0.2) is 4.68 Å². The van der Waals surface area contributed by atoms with Crippen molar-refractivity contribution < 1.29 is 0 Å². The van der Waals surface area contributed by atoms with Gasteiger partial charge in [0.25, 0.3) is 5.56 Å². The molecule has 1 aliphatic rings. The minimum absolute atomic E-state index is 0.230. The monoisotopic (exact) mass is 255 g/mol. The van der Waals surface area contributed by atoms with E-state index in [9.17, 15) is 4.79 Å². The van der Waals surface area contributed by atoms with Crippen LogP contribution in [-0.2, 0) is 7.05 Å². The van der Waals surface area contributed by atoms with Crippen LogP contribution in [0, 0.1) is 5.92 Å². The van der Waals surface area contributed by atoms with Crippen molar-refractivity contribution in [3.8, 4) is 0 Å². The summed E-state index contributed by atoms with van der Waals surface area (Å²) >= 11 is 5.96. The third-order valence-electron chi connectivity index (χ3n) is 3.42. The number of aryl methyl sites for hydroxylation is 1. The number of hydrogen-bond acceptors (Lipinski definition) is 3. The molecule has 5 heteroatoms. The number of rotatable bonds is 4. The largest absolute Gasteiger partial charge is 0.382 e. The lowest BCUT2D eigenvalue weighted by Crippen LogP contribution is -2.21. The van der Waals surface area contributed by atoms with Crippen molar-refractivity contribution >= 4 is 17.3 Å². The Balaban J connectivity index is 1.90. The van der Waals surface area contributed by atoms with E-state index in [-0.39, 0.29) is 10.6 Å². The minimum atomic E-state index is -0.252. The molecule has 94 valence electrons. The molecule has 4 nitrogen and oxygen atoms in total. The summed E-state index contributed by atoms with van der Waals surface area (Å²) in [5.41, 5.74) is 0.394. The molecule has 0 unspecified atom stereocenters. The molecule has 0 bridgehead atoms. The van der Waals surface area contributed by atoms with E-state index in [0.717, 1.165) is 18.9 Å². The van der Waals surface area contributed by atoms with E-state index >= 15 is 0 Å². The van der Waals surface area contributed by atoms with Crippen molar-refractivity contribution in [2.45, 2.75) is 32.1 Å². The predicted molar refractivity (Wildman–Crippen MR) is 69.6 cm³/mol. The highest BCUT2D eigenvalue weighted by molar-refractivity contribution is 6.32. The van der Waals surface area contributed by atoms with E-state index in [0.29, 0.717) is 5.69 Å². The summed E-state index contributed by atoms with van der Waals surface area (Å²) in [6, 6.07) is 0. The first kappa shape index (κ1) is 12.4. The van der Waals surface area contributed by atoms with Crippen LogP contribution >= 0.6 is 11.6 Å². The van der Waals surface area contributed by atoms with Crippen LogP contribution in [0.4, 0.5) is 5.69 Å². The summed E-state index contributed by atoms with van der Waals surface area (Å²) in [5, 5.41) is 7.38. The molecule has 0 radical (unpaired) electrons. The van der Waals surface area contributed by atoms with Crippen molar-refractivity contribution in [1.29, 1.82) is 0 Å². The van der Waals surface area contributed by atoms with E-state index in [1.54, 1.807) is 13.2 Å². The zero-order valence-corrected chi connectivity index (χ0v) is 10.8. The molecule has 1 aromatic rings. The van der Waals surface area contributed by atoms with E-state index in [2.05, 4.69) is 10.4 Å². The van der Waals surface area contributed by atoms with Gasteiger partial charge in [0.15, 0.2) is 0 Å². The van der Waals surface area contributed by atoms with Gasteiger partial charge in [0.05, 0.1) is 11.9 Å². The Labute approximate surface area is 106 Å². The minimum Gasteiger partial charge on any atom is -0.382 e. The highest BCUT2D eigenvalue weighted by Crippen LogP contribution is 2.27.